The first-order valence-corrected chi connectivity index (χ1v) is 4.92. The Hall–Kier alpha value is 0. The minimum atomic E-state index is 0.510. The van der Waals surface area contributed by atoms with Crippen molar-refractivity contribution in [3.63, 3.8) is 0 Å². The highest BCUT2D eigenvalue weighted by Crippen LogP contribution is 2.36. The van der Waals surface area contributed by atoms with Gasteiger partial charge < -0.3 is 0 Å². The molecule has 0 heterocycles. The first kappa shape index (κ1) is 11.0. The maximum Gasteiger partial charge on any atom is -0.0305 e. The zero-order valence-electron chi connectivity index (χ0n) is 9.07. The van der Waals surface area contributed by atoms with E-state index in [9.17, 15) is 0 Å². The maximum absolute atomic E-state index is 2.39. The second-order valence-corrected chi connectivity index (χ2v) is 4.67. The highest BCUT2D eigenvalue weighted by Gasteiger charge is 2.28. The fourth-order valence-electron chi connectivity index (χ4n) is 1.37. The molecule has 0 aliphatic heterocycles. The van der Waals surface area contributed by atoms with Crippen molar-refractivity contribution in [1.82, 2.24) is 0 Å². The molecule has 0 aromatic carbocycles. The van der Waals surface area contributed by atoms with E-state index >= 15 is 0 Å². The van der Waals surface area contributed by atoms with Crippen molar-refractivity contribution in [1.29, 1.82) is 0 Å². The molecule has 0 fully saturated rings. The van der Waals surface area contributed by atoms with Crippen molar-refractivity contribution in [2.24, 2.45) is 17.3 Å². The molecule has 0 aliphatic carbocycles. The summed E-state index contributed by atoms with van der Waals surface area (Å²) in [6.45, 7) is 14.1. The third-order valence-corrected chi connectivity index (χ3v) is 3.48. The molecule has 0 saturated heterocycles. The molecule has 1 atom stereocenters. The Morgan fingerprint density at radius 3 is 1.82 bits per heavy atom. The largest absolute Gasteiger partial charge is 0.0654 e. The predicted molar refractivity (Wildman–Crippen MR) is 52.7 cm³/mol. The highest BCUT2D eigenvalue weighted by molar-refractivity contribution is 4.77. The van der Waals surface area contributed by atoms with E-state index in [0.717, 1.165) is 11.8 Å². The van der Waals surface area contributed by atoms with Gasteiger partial charge >= 0.3 is 0 Å². The van der Waals surface area contributed by atoms with Crippen molar-refractivity contribution in [2.75, 3.05) is 0 Å². The van der Waals surface area contributed by atoms with Crippen molar-refractivity contribution in [3.05, 3.63) is 0 Å². The lowest BCUT2D eigenvalue weighted by Gasteiger charge is -2.35. The van der Waals surface area contributed by atoms with Gasteiger partial charge in [0.2, 0.25) is 0 Å². The fourth-order valence-corrected chi connectivity index (χ4v) is 1.37. The van der Waals surface area contributed by atoms with Gasteiger partial charge in [-0.25, -0.2) is 0 Å². The van der Waals surface area contributed by atoms with Crippen LogP contribution in [0.1, 0.15) is 54.4 Å². The van der Waals surface area contributed by atoms with Crippen molar-refractivity contribution in [3.8, 4) is 0 Å². The molecular formula is C11H24. The second kappa shape index (κ2) is 4.13. The van der Waals surface area contributed by atoms with Gasteiger partial charge in [0.05, 0.1) is 0 Å². The number of rotatable bonds is 4. The van der Waals surface area contributed by atoms with E-state index < -0.39 is 0 Å². The van der Waals surface area contributed by atoms with Crippen LogP contribution in [-0.4, -0.2) is 0 Å². The second-order valence-electron chi connectivity index (χ2n) is 4.67. The van der Waals surface area contributed by atoms with E-state index in [1.165, 1.54) is 12.8 Å². The molecule has 0 aromatic rings. The minimum absolute atomic E-state index is 0.510. The summed E-state index contributed by atoms with van der Waals surface area (Å²) in [5.41, 5.74) is 0.510. The maximum atomic E-state index is 2.39. The third-order valence-electron chi connectivity index (χ3n) is 3.48. The molecule has 0 radical (unpaired) electrons. The molecule has 0 unspecified atom stereocenters. The van der Waals surface area contributed by atoms with Gasteiger partial charge in [0.25, 0.3) is 0 Å². The zero-order valence-corrected chi connectivity index (χ0v) is 9.07. The van der Waals surface area contributed by atoms with Crippen LogP contribution in [0.2, 0.25) is 0 Å². The monoisotopic (exact) mass is 156 g/mol. The lowest BCUT2D eigenvalue weighted by atomic mass is 9.70. The van der Waals surface area contributed by atoms with Crippen LogP contribution < -0.4 is 0 Å². The summed E-state index contributed by atoms with van der Waals surface area (Å²) in [6.07, 6.45) is 2.68. The predicted octanol–water partition coefficient (Wildman–Crippen LogP) is 4.10. The standard InChI is InChI=1S/C11H24/c1-7-8-10(4)11(5,6)9(2)3/h9-10H,7-8H2,1-6H3/t10-/m0/s1. The Morgan fingerprint density at radius 2 is 1.55 bits per heavy atom. The number of hydrogen-bond acceptors (Lipinski definition) is 0. The van der Waals surface area contributed by atoms with Gasteiger partial charge in [0.1, 0.15) is 0 Å². The summed E-state index contributed by atoms with van der Waals surface area (Å²) < 4.78 is 0. The normalized spacial score (nSPS) is 15.5. The summed E-state index contributed by atoms with van der Waals surface area (Å²) in [6, 6.07) is 0. The number of hydrogen-bond donors (Lipinski definition) is 0. The Balaban J connectivity index is 4.05. The smallest absolute Gasteiger partial charge is 0.0305 e. The molecule has 11 heavy (non-hydrogen) atoms. The Kier molecular flexibility index (Phi) is 4.13. The molecule has 0 N–H and O–H groups in total. The Morgan fingerprint density at radius 1 is 1.09 bits per heavy atom. The van der Waals surface area contributed by atoms with Crippen LogP contribution >= 0.6 is 0 Å². The average Bonchev–Trinajstić information content (AvgIpc) is 1.88. The van der Waals surface area contributed by atoms with Crippen LogP contribution in [0, 0.1) is 17.3 Å². The third kappa shape index (κ3) is 2.84. The summed E-state index contributed by atoms with van der Waals surface area (Å²) in [7, 11) is 0. The van der Waals surface area contributed by atoms with Crippen LogP contribution in [0.5, 0.6) is 0 Å². The Labute approximate surface area is 72.4 Å². The zero-order chi connectivity index (χ0) is 9.07. The van der Waals surface area contributed by atoms with Gasteiger partial charge in [-0.05, 0) is 17.3 Å². The molecule has 0 aromatic heterocycles. The lowest BCUT2D eigenvalue weighted by molar-refractivity contribution is 0.142. The van der Waals surface area contributed by atoms with Gasteiger partial charge in [-0.1, -0.05) is 54.4 Å². The summed E-state index contributed by atoms with van der Waals surface area (Å²) in [5, 5.41) is 0. The molecule has 0 spiro atoms. The molecule has 0 saturated carbocycles. The molecule has 68 valence electrons. The van der Waals surface area contributed by atoms with E-state index in [0.29, 0.717) is 5.41 Å². The van der Waals surface area contributed by atoms with E-state index in [1.807, 2.05) is 0 Å². The fraction of sp³-hybridized carbons (Fsp3) is 1.00. The van der Waals surface area contributed by atoms with Crippen LogP contribution in [0.4, 0.5) is 0 Å². The summed E-state index contributed by atoms with van der Waals surface area (Å²) >= 11 is 0. The van der Waals surface area contributed by atoms with E-state index in [-0.39, 0.29) is 0 Å². The Bertz CT molecular complexity index is 101. The van der Waals surface area contributed by atoms with Crippen LogP contribution in [0.15, 0.2) is 0 Å². The van der Waals surface area contributed by atoms with Crippen molar-refractivity contribution in [2.45, 2.75) is 54.4 Å². The molecule has 0 amide bonds. The molecule has 0 nitrogen and oxygen atoms in total. The molecule has 0 heteroatoms. The van der Waals surface area contributed by atoms with Gasteiger partial charge in [-0.2, -0.15) is 0 Å². The van der Waals surface area contributed by atoms with Crippen molar-refractivity contribution >= 4 is 0 Å². The first-order valence-electron chi connectivity index (χ1n) is 4.92. The van der Waals surface area contributed by atoms with Gasteiger partial charge in [-0.15, -0.1) is 0 Å². The SMILES string of the molecule is CCC[C@H](C)C(C)(C)C(C)C. The molecule has 0 bridgehead atoms. The summed E-state index contributed by atoms with van der Waals surface area (Å²) in [4.78, 5) is 0. The summed E-state index contributed by atoms with van der Waals surface area (Å²) in [5.74, 6) is 1.65. The van der Waals surface area contributed by atoms with Gasteiger partial charge in [0, 0.05) is 0 Å². The van der Waals surface area contributed by atoms with Gasteiger partial charge in [-0.3, -0.25) is 0 Å². The topological polar surface area (TPSA) is 0 Å². The molecule has 0 rings (SSSR count). The van der Waals surface area contributed by atoms with Gasteiger partial charge in [0.15, 0.2) is 0 Å². The minimum Gasteiger partial charge on any atom is -0.0654 e. The quantitative estimate of drug-likeness (QED) is 0.574. The van der Waals surface area contributed by atoms with Crippen LogP contribution in [0.25, 0.3) is 0 Å². The van der Waals surface area contributed by atoms with E-state index in [2.05, 4.69) is 41.5 Å². The van der Waals surface area contributed by atoms with E-state index in [4.69, 9.17) is 0 Å². The lowest BCUT2D eigenvalue weighted by Crippen LogP contribution is -2.27. The highest BCUT2D eigenvalue weighted by atomic mass is 14.3. The molecule has 0 aliphatic rings. The van der Waals surface area contributed by atoms with Crippen LogP contribution in [-0.2, 0) is 0 Å². The molecular weight excluding hydrogens is 132 g/mol. The first-order chi connectivity index (χ1) is 4.92. The van der Waals surface area contributed by atoms with Crippen LogP contribution in [0.3, 0.4) is 0 Å². The van der Waals surface area contributed by atoms with Crippen molar-refractivity contribution < 1.29 is 0 Å². The average molecular weight is 156 g/mol. The van der Waals surface area contributed by atoms with E-state index in [1.54, 1.807) is 0 Å².